The van der Waals surface area contributed by atoms with Gasteiger partial charge in [-0.3, -0.25) is 4.90 Å². The molecular weight excluding hydrogens is 356 g/mol. The van der Waals surface area contributed by atoms with Crippen LogP contribution in [0, 0.1) is 0 Å². The van der Waals surface area contributed by atoms with Gasteiger partial charge in [-0.05, 0) is 37.6 Å². The summed E-state index contributed by atoms with van der Waals surface area (Å²) in [5.74, 6) is 0. The van der Waals surface area contributed by atoms with Gasteiger partial charge in [0, 0.05) is 36.7 Å². The summed E-state index contributed by atoms with van der Waals surface area (Å²) in [6.07, 6.45) is 0. The summed E-state index contributed by atoms with van der Waals surface area (Å²) in [6, 6.07) is 17.0. The number of rotatable bonds is 4. The molecule has 0 aromatic heterocycles. The molecule has 0 aliphatic carbocycles. The molecule has 6 heteroatoms. The highest BCUT2D eigenvalue weighted by molar-refractivity contribution is 7.89. The highest BCUT2D eigenvalue weighted by Gasteiger charge is 2.36. The van der Waals surface area contributed by atoms with Gasteiger partial charge in [0.2, 0.25) is 10.0 Å². The quantitative estimate of drug-likeness (QED) is 0.815. The van der Waals surface area contributed by atoms with Gasteiger partial charge in [0.15, 0.2) is 0 Å². The van der Waals surface area contributed by atoms with E-state index in [1.807, 2.05) is 18.2 Å². The molecule has 0 amide bonds. The molecule has 1 aliphatic rings. The van der Waals surface area contributed by atoms with Crippen LogP contribution in [0.4, 0.5) is 0 Å². The molecule has 4 nitrogen and oxygen atoms in total. The van der Waals surface area contributed by atoms with E-state index in [1.54, 1.807) is 22.5 Å². The molecule has 2 unspecified atom stereocenters. The third-order valence-corrected chi connectivity index (χ3v) is 6.77. The lowest BCUT2D eigenvalue weighted by Crippen LogP contribution is -2.57. The molecule has 0 bridgehead atoms. The zero-order valence-electron chi connectivity index (χ0n) is 14.5. The Morgan fingerprint density at radius 1 is 1.00 bits per heavy atom. The van der Waals surface area contributed by atoms with Crippen LogP contribution in [0.5, 0.6) is 0 Å². The molecule has 25 heavy (non-hydrogen) atoms. The summed E-state index contributed by atoms with van der Waals surface area (Å²) in [7, 11) is -3.52. The Kier molecular flexibility index (Phi) is 5.49. The Balaban J connectivity index is 1.77. The van der Waals surface area contributed by atoms with Gasteiger partial charge in [-0.25, -0.2) is 8.42 Å². The van der Waals surface area contributed by atoms with Gasteiger partial charge in [-0.1, -0.05) is 48.0 Å². The fourth-order valence-corrected chi connectivity index (χ4v) is 5.29. The minimum absolute atomic E-state index is 0.137. The molecule has 0 spiro atoms. The van der Waals surface area contributed by atoms with E-state index in [-0.39, 0.29) is 17.0 Å². The maximum absolute atomic E-state index is 12.9. The first kappa shape index (κ1) is 18.4. The number of halogens is 1. The summed E-state index contributed by atoms with van der Waals surface area (Å²) in [5.41, 5.74) is 1.24. The van der Waals surface area contributed by atoms with E-state index in [4.69, 9.17) is 11.6 Å². The van der Waals surface area contributed by atoms with Crippen molar-refractivity contribution in [3.05, 3.63) is 65.2 Å². The van der Waals surface area contributed by atoms with Crippen LogP contribution in [0.2, 0.25) is 5.02 Å². The minimum Gasteiger partial charge on any atom is -0.291 e. The van der Waals surface area contributed by atoms with Gasteiger partial charge in [-0.2, -0.15) is 4.31 Å². The van der Waals surface area contributed by atoms with E-state index in [0.717, 1.165) is 6.54 Å². The number of sulfonamides is 1. The normalized spacial score (nSPS) is 22.8. The van der Waals surface area contributed by atoms with Crippen LogP contribution in [0.15, 0.2) is 59.5 Å². The largest absolute Gasteiger partial charge is 0.291 e. The molecule has 2 atom stereocenters. The number of piperazine rings is 1. The summed E-state index contributed by atoms with van der Waals surface area (Å²) in [6.45, 7) is 5.95. The molecule has 134 valence electrons. The molecule has 1 fully saturated rings. The molecule has 2 aromatic rings. The number of hydrogen-bond acceptors (Lipinski definition) is 3. The third kappa shape index (κ3) is 4.06. The molecular formula is C19H23ClN2O2S. The molecule has 0 saturated carbocycles. The van der Waals surface area contributed by atoms with Crippen LogP contribution in [0.25, 0.3) is 0 Å². The minimum atomic E-state index is -3.52. The second-order valence-electron chi connectivity index (χ2n) is 6.64. The summed E-state index contributed by atoms with van der Waals surface area (Å²) >= 11 is 5.97. The van der Waals surface area contributed by atoms with Crippen molar-refractivity contribution < 1.29 is 8.42 Å². The lowest BCUT2D eigenvalue weighted by molar-refractivity contribution is 0.0699. The van der Waals surface area contributed by atoms with Crippen LogP contribution in [-0.2, 0) is 16.6 Å². The van der Waals surface area contributed by atoms with Gasteiger partial charge in [0.25, 0.3) is 0 Å². The second-order valence-corrected chi connectivity index (χ2v) is 9.01. The maximum atomic E-state index is 12.9. The van der Waals surface area contributed by atoms with Crippen molar-refractivity contribution in [2.24, 2.45) is 0 Å². The highest BCUT2D eigenvalue weighted by Crippen LogP contribution is 2.25. The van der Waals surface area contributed by atoms with Crippen LogP contribution in [-0.4, -0.2) is 42.8 Å². The van der Waals surface area contributed by atoms with E-state index in [2.05, 4.69) is 30.9 Å². The van der Waals surface area contributed by atoms with E-state index >= 15 is 0 Å². The SMILES string of the molecule is CC1CN(S(=O)(=O)c2cccc(Cl)c2)CC(C)N1Cc1ccccc1. The van der Waals surface area contributed by atoms with E-state index in [9.17, 15) is 8.42 Å². The Labute approximate surface area is 155 Å². The van der Waals surface area contributed by atoms with Crippen molar-refractivity contribution in [3.8, 4) is 0 Å². The molecule has 0 radical (unpaired) electrons. The van der Waals surface area contributed by atoms with E-state index in [0.29, 0.717) is 18.1 Å². The van der Waals surface area contributed by atoms with Gasteiger partial charge in [0.05, 0.1) is 4.90 Å². The second kappa shape index (κ2) is 7.46. The molecule has 1 aliphatic heterocycles. The van der Waals surface area contributed by atoms with E-state index < -0.39 is 10.0 Å². The zero-order valence-corrected chi connectivity index (χ0v) is 16.0. The first-order chi connectivity index (χ1) is 11.9. The van der Waals surface area contributed by atoms with E-state index in [1.165, 1.54) is 11.6 Å². The Hall–Kier alpha value is -1.40. The Morgan fingerprint density at radius 2 is 1.64 bits per heavy atom. The van der Waals surface area contributed by atoms with Crippen LogP contribution in [0.1, 0.15) is 19.4 Å². The van der Waals surface area contributed by atoms with Crippen LogP contribution < -0.4 is 0 Å². The number of hydrogen-bond donors (Lipinski definition) is 0. The summed E-state index contributed by atoms with van der Waals surface area (Å²) in [4.78, 5) is 2.62. The standard InChI is InChI=1S/C19H23ClN2O2S/c1-15-12-21(25(23,24)19-10-6-9-18(20)11-19)13-16(2)22(15)14-17-7-4-3-5-8-17/h3-11,15-16H,12-14H2,1-2H3. The monoisotopic (exact) mass is 378 g/mol. The summed E-state index contributed by atoms with van der Waals surface area (Å²) in [5, 5.41) is 0.435. The van der Waals surface area contributed by atoms with Crippen LogP contribution in [0.3, 0.4) is 0 Å². The summed E-state index contributed by atoms with van der Waals surface area (Å²) < 4.78 is 27.5. The predicted molar refractivity (Wildman–Crippen MR) is 101 cm³/mol. The number of benzene rings is 2. The Morgan fingerprint density at radius 3 is 2.24 bits per heavy atom. The molecule has 3 rings (SSSR count). The van der Waals surface area contributed by atoms with Crippen molar-refractivity contribution in [3.63, 3.8) is 0 Å². The zero-order chi connectivity index (χ0) is 18.0. The van der Waals surface area contributed by atoms with Gasteiger partial charge in [-0.15, -0.1) is 0 Å². The van der Waals surface area contributed by atoms with Crippen molar-refractivity contribution in [1.29, 1.82) is 0 Å². The van der Waals surface area contributed by atoms with Gasteiger partial charge < -0.3 is 0 Å². The number of nitrogens with zero attached hydrogens (tertiary/aromatic N) is 2. The fourth-order valence-electron chi connectivity index (χ4n) is 3.39. The van der Waals surface area contributed by atoms with Gasteiger partial charge >= 0.3 is 0 Å². The van der Waals surface area contributed by atoms with Gasteiger partial charge in [0.1, 0.15) is 0 Å². The Bertz CT molecular complexity index is 814. The highest BCUT2D eigenvalue weighted by atomic mass is 35.5. The third-order valence-electron chi connectivity index (χ3n) is 4.71. The van der Waals surface area contributed by atoms with Crippen LogP contribution >= 0.6 is 11.6 Å². The molecule has 1 heterocycles. The van der Waals surface area contributed by atoms with Crippen molar-refractivity contribution in [2.75, 3.05) is 13.1 Å². The maximum Gasteiger partial charge on any atom is 0.243 e. The molecule has 1 saturated heterocycles. The average molecular weight is 379 g/mol. The first-order valence-electron chi connectivity index (χ1n) is 8.43. The molecule has 0 N–H and O–H groups in total. The topological polar surface area (TPSA) is 40.6 Å². The van der Waals surface area contributed by atoms with Crippen molar-refractivity contribution in [2.45, 2.75) is 37.4 Å². The fraction of sp³-hybridized carbons (Fsp3) is 0.368. The van der Waals surface area contributed by atoms with Crippen molar-refractivity contribution in [1.82, 2.24) is 9.21 Å². The average Bonchev–Trinajstić information content (AvgIpc) is 2.59. The lowest BCUT2D eigenvalue weighted by Gasteiger charge is -2.43. The first-order valence-corrected chi connectivity index (χ1v) is 10.2. The smallest absolute Gasteiger partial charge is 0.243 e. The lowest BCUT2D eigenvalue weighted by atomic mass is 10.1. The van der Waals surface area contributed by atoms with Crippen molar-refractivity contribution >= 4 is 21.6 Å². The predicted octanol–water partition coefficient (Wildman–Crippen LogP) is 3.62. The molecule has 2 aromatic carbocycles.